The van der Waals surface area contributed by atoms with Crippen molar-refractivity contribution in [2.75, 3.05) is 24.3 Å². The van der Waals surface area contributed by atoms with Crippen molar-refractivity contribution in [2.45, 2.75) is 0 Å². The Bertz CT molecular complexity index is 572. The Morgan fingerprint density at radius 2 is 1.89 bits per heavy atom. The second-order valence-corrected chi connectivity index (χ2v) is 3.93. The molecule has 2 aromatic rings. The maximum atomic E-state index is 8.91. The van der Waals surface area contributed by atoms with E-state index in [-0.39, 0.29) is 5.82 Å². The van der Waals surface area contributed by atoms with Gasteiger partial charge in [0.05, 0.1) is 0 Å². The Labute approximate surface area is 106 Å². The van der Waals surface area contributed by atoms with Crippen molar-refractivity contribution in [3.05, 3.63) is 42.2 Å². The summed E-state index contributed by atoms with van der Waals surface area (Å²) in [4.78, 5) is 10.1. The summed E-state index contributed by atoms with van der Waals surface area (Å²) in [5.41, 5.74) is 0.921. The van der Waals surface area contributed by atoms with Gasteiger partial charge in [0, 0.05) is 25.8 Å². The van der Waals surface area contributed by atoms with E-state index in [0.29, 0.717) is 11.6 Å². The fraction of sp³-hybridized carbons (Fsp3) is 0.154. The molecule has 0 bridgehead atoms. The van der Waals surface area contributed by atoms with Crippen LogP contribution in [0.1, 0.15) is 5.82 Å². The van der Waals surface area contributed by atoms with E-state index in [1.165, 1.54) is 0 Å². The first-order valence-electron chi connectivity index (χ1n) is 5.47. The molecule has 0 aliphatic heterocycles. The Hall–Kier alpha value is -2.61. The number of nitriles is 1. The smallest absolute Gasteiger partial charge is 0.236 e. The molecular formula is C13H13N5. The normalized spacial score (nSPS) is 9.61. The number of para-hydroxylation sites is 1. The van der Waals surface area contributed by atoms with Crippen molar-refractivity contribution in [2.24, 2.45) is 0 Å². The van der Waals surface area contributed by atoms with Crippen LogP contribution in [0.5, 0.6) is 0 Å². The lowest BCUT2D eigenvalue weighted by atomic mass is 10.3. The lowest BCUT2D eigenvalue weighted by molar-refractivity contribution is 1.02. The number of nitrogens with one attached hydrogen (secondary N) is 1. The van der Waals surface area contributed by atoms with Crippen LogP contribution in [0, 0.1) is 11.3 Å². The third-order valence-corrected chi connectivity index (χ3v) is 2.32. The standard InChI is InChI=1S/C13H13N5/c1-18(2)13-8-11(16-12(9-14)17-13)15-10-6-4-3-5-7-10/h3-8H,1-2H3,(H,15,16,17). The number of nitrogens with zero attached hydrogens (tertiary/aromatic N) is 4. The third-order valence-electron chi connectivity index (χ3n) is 2.32. The molecule has 0 atom stereocenters. The highest BCUT2D eigenvalue weighted by Gasteiger charge is 2.05. The summed E-state index contributed by atoms with van der Waals surface area (Å²) < 4.78 is 0. The molecule has 0 spiro atoms. The average molecular weight is 239 g/mol. The monoisotopic (exact) mass is 239 g/mol. The summed E-state index contributed by atoms with van der Waals surface area (Å²) in [7, 11) is 3.74. The van der Waals surface area contributed by atoms with E-state index in [1.807, 2.05) is 55.4 Å². The summed E-state index contributed by atoms with van der Waals surface area (Å²) in [6, 6.07) is 13.4. The van der Waals surface area contributed by atoms with Crippen LogP contribution in [0.15, 0.2) is 36.4 Å². The van der Waals surface area contributed by atoms with Crippen LogP contribution in [0.3, 0.4) is 0 Å². The number of aromatic nitrogens is 2. The molecule has 5 heteroatoms. The molecule has 0 radical (unpaired) electrons. The largest absolute Gasteiger partial charge is 0.363 e. The van der Waals surface area contributed by atoms with Crippen molar-refractivity contribution >= 4 is 17.3 Å². The van der Waals surface area contributed by atoms with Gasteiger partial charge in [-0.2, -0.15) is 5.26 Å². The summed E-state index contributed by atoms with van der Waals surface area (Å²) >= 11 is 0. The summed E-state index contributed by atoms with van der Waals surface area (Å²) in [5.74, 6) is 1.45. The van der Waals surface area contributed by atoms with E-state index in [4.69, 9.17) is 5.26 Å². The van der Waals surface area contributed by atoms with Gasteiger partial charge in [0.2, 0.25) is 5.82 Å². The van der Waals surface area contributed by atoms with Crippen LogP contribution in [0.2, 0.25) is 0 Å². The lowest BCUT2D eigenvalue weighted by Crippen LogP contribution is -2.12. The lowest BCUT2D eigenvalue weighted by Gasteiger charge is -2.13. The average Bonchev–Trinajstić information content (AvgIpc) is 2.39. The molecule has 2 rings (SSSR count). The van der Waals surface area contributed by atoms with Gasteiger partial charge in [-0.15, -0.1) is 0 Å². The molecule has 0 aliphatic carbocycles. The molecule has 1 aromatic heterocycles. The second kappa shape index (κ2) is 5.15. The molecule has 0 aliphatic rings. The minimum atomic E-state index is 0.152. The van der Waals surface area contributed by atoms with Gasteiger partial charge in [-0.3, -0.25) is 0 Å². The number of anilines is 3. The van der Waals surface area contributed by atoms with E-state index < -0.39 is 0 Å². The van der Waals surface area contributed by atoms with Gasteiger partial charge in [-0.05, 0) is 12.1 Å². The topological polar surface area (TPSA) is 64.8 Å². The quantitative estimate of drug-likeness (QED) is 0.889. The highest BCUT2D eigenvalue weighted by atomic mass is 15.2. The van der Waals surface area contributed by atoms with Crippen molar-refractivity contribution in [1.82, 2.24) is 9.97 Å². The Kier molecular flexibility index (Phi) is 3.39. The molecule has 1 heterocycles. The van der Waals surface area contributed by atoms with E-state index in [2.05, 4.69) is 15.3 Å². The predicted molar refractivity (Wildman–Crippen MR) is 70.8 cm³/mol. The van der Waals surface area contributed by atoms with Gasteiger partial charge < -0.3 is 10.2 Å². The first-order chi connectivity index (χ1) is 8.69. The van der Waals surface area contributed by atoms with Crippen LogP contribution in [0.4, 0.5) is 17.3 Å². The van der Waals surface area contributed by atoms with Gasteiger partial charge in [-0.25, -0.2) is 9.97 Å². The van der Waals surface area contributed by atoms with Crippen LogP contribution >= 0.6 is 0 Å². The fourth-order valence-corrected chi connectivity index (χ4v) is 1.45. The highest BCUT2D eigenvalue weighted by molar-refractivity contribution is 5.59. The number of benzene rings is 1. The molecule has 0 fully saturated rings. The number of hydrogen-bond acceptors (Lipinski definition) is 5. The zero-order chi connectivity index (χ0) is 13.0. The Morgan fingerprint density at radius 3 is 2.50 bits per heavy atom. The minimum absolute atomic E-state index is 0.152. The molecule has 1 aromatic carbocycles. The van der Waals surface area contributed by atoms with E-state index >= 15 is 0 Å². The SMILES string of the molecule is CN(C)c1cc(Nc2ccccc2)nc(C#N)n1. The second-order valence-electron chi connectivity index (χ2n) is 3.93. The molecule has 0 saturated heterocycles. The Balaban J connectivity index is 2.33. The molecule has 1 N–H and O–H groups in total. The summed E-state index contributed by atoms with van der Waals surface area (Å²) in [6.45, 7) is 0. The molecule has 18 heavy (non-hydrogen) atoms. The van der Waals surface area contributed by atoms with Crippen LogP contribution in [-0.4, -0.2) is 24.1 Å². The molecule has 5 nitrogen and oxygen atoms in total. The molecular weight excluding hydrogens is 226 g/mol. The van der Waals surface area contributed by atoms with Crippen molar-refractivity contribution < 1.29 is 0 Å². The van der Waals surface area contributed by atoms with E-state index in [0.717, 1.165) is 5.69 Å². The van der Waals surface area contributed by atoms with Crippen molar-refractivity contribution in [1.29, 1.82) is 5.26 Å². The molecule has 0 unspecified atom stereocenters. The van der Waals surface area contributed by atoms with Gasteiger partial charge in [0.1, 0.15) is 17.7 Å². The van der Waals surface area contributed by atoms with Crippen LogP contribution in [-0.2, 0) is 0 Å². The fourth-order valence-electron chi connectivity index (χ4n) is 1.45. The highest BCUT2D eigenvalue weighted by Crippen LogP contribution is 2.18. The first-order valence-corrected chi connectivity index (χ1v) is 5.47. The van der Waals surface area contributed by atoms with Gasteiger partial charge >= 0.3 is 0 Å². The third kappa shape index (κ3) is 2.74. The maximum Gasteiger partial charge on any atom is 0.236 e. The maximum absolute atomic E-state index is 8.91. The number of hydrogen-bond donors (Lipinski definition) is 1. The first kappa shape index (κ1) is 11.9. The van der Waals surface area contributed by atoms with E-state index in [1.54, 1.807) is 6.07 Å². The van der Waals surface area contributed by atoms with Crippen molar-refractivity contribution in [3.8, 4) is 6.07 Å². The van der Waals surface area contributed by atoms with E-state index in [9.17, 15) is 0 Å². The van der Waals surface area contributed by atoms with Crippen LogP contribution < -0.4 is 10.2 Å². The molecule has 0 amide bonds. The van der Waals surface area contributed by atoms with Crippen molar-refractivity contribution in [3.63, 3.8) is 0 Å². The summed E-state index contributed by atoms with van der Waals surface area (Å²) in [5, 5.41) is 12.1. The van der Waals surface area contributed by atoms with Gasteiger partial charge in [0.25, 0.3) is 0 Å². The Morgan fingerprint density at radius 1 is 1.17 bits per heavy atom. The zero-order valence-corrected chi connectivity index (χ0v) is 10.3. The minimum Gasteiger partial charge on any atom is -0.363 e. The predicted octanol–water partition coefficient (Wildman–Crippen LogP) is 2.16. The zero-order valence-electron chi connectivity index (χ0n) is 10.3. The molecule has 90 valence electrons. The van der Waals surface area contributed by atoms with Gasteiger partial charge in [0.15, 0.2) is 0 Å². The summed E-state index contributed by atoms with van der Waals surface area (Å²) in [6.07, 6.45) is 0. The number of rotatable bonds is 3. The molecule has 0 saturated carbocycles. The van der Waals surface area contributed by atoms with Gasteiger partial charge in [-0.1, -0.05) is 18.2 Å². The van der Waals surface area contributed by atoms with Crippen LogP contribution in [0.25, 0.3) is 0 Å².